The summed E-state index contributed by atoms with van der Waals surface area (Å²) >= 11 is 0. The van der Waals surface area contributed by atoms with E-state index in [4.69, 9.17) is 4.55 Å². The topological polar surface area (TPSA) is 63.6 Å². The van der Waals surface area contributed by atoms with E-state index in [1.54, 1.807) is 0 Å². The first-order valence-corrected chi connectivity index (χ1v) is 8.04. The molecule has 0 bridgehead atoms. The van der Waals surface area contributed by atoms with Crippen LogP contribution in [0.1, 0.15) is 71.1 Å². The first-order valence-electron chi connectivity index (χ1n) is 6.68. The molecule has 0 heterocycles. The van der Waals surface area contributed by atoms with E-state index in [-0.39, 0.29) is 43.6 Å². The second kappa shape index (κ2) is 16.9. The molecular formula is C13H29NaO4S. The Labute approximate surface area is 141 Å². The molecule has 0 radical (unpaired) electrons. The van der Waals surface area contributed by atoms with Crippen LogP contribution in [-0.2, 0) is 14.6 Å². The number of hydrogen-bond donors (Lipinski definition) is 1. The molecule has 0 atom stereocenters. The average molecular weight is 304 g/mol. The van der Waals surface area contributed by atoms with Gasteiger partial charge in [-0.25, -0.2) is 4.18 Å². The molecule has 0 amide bonds. The Morgan fingerprint density at radius 3 is 1.58 bits per heavy atom. The van der Waals surface area contributed by atoms with Gasteiger partial charge in [-0.3, -0.25) is 4.55 Å². The second-order valence-electron chi connectivity index (χ2n) is 4.43. The summed E-state index contributed by atoms with van der Waals surface area (Å²) in [6.45, 7) is 2.31. The minimum atomic E-state index is -4.23. The smallest absolute Gasteiger partial charge is 0.358 e. The van der Waals surface area contributed by atoms with Crippen LogP contribution in [0.3, 0.4) is 0 Å². The molecule has 0 rings (SSSR count). The van der Waals surface area contributed by atoms with E-state index in [9.17, 15) is 8.42 Å². The molecule has 112 valence electrons. The van der Waals surface area contributed by atoms with Crippen molar-refractivity contribution in [1.82, 2.24) is 0 Å². The molecule has 0 saturated heterocycles. The SMILES string of the molecule is CCCCCCCCCCCCOS(=O)(=O)O.[CH3-].[Na+]. The maximum atomic E-state index is 10.2. The van der Waals surface area contributed by atoms with Crippen LogP contribution in [0, 0.1) is 7.43 Å². The zero-order valence-corrected chi connectivity index (χ0v) is 15.7. The van der Waals surface area contributed by atoms with Crippen molar-refractivity contribution >= 4 is 10.4 Å². The fourth-order valence-corrected chi connectivity index (χ4v) is 2.08. The largest absolute Gasteiger partial charge is 1.00 e. The summed E-state index contributed by atoms with van der Waals surface area (Å²) in [4.78, 5) is 0. The third kappa shape index (κ3) is 24.3. The first-order chi connectivity index (χ1) is 8.06. The third-order valence-corrected chi connectivity index (χ3v) is 3.19. The Hall–Kier alpha value is 0.870. The van der Waals surface area contributed by atoms with Crippen LogP contribution in [0.4, 0.5) is 0 Å². The van der Waals surface area contributed by atoms with Gasteiger partial charge < -0.3 is 7.43 Å². The molecule has 0 aliphatic rings. The molecular weight excluding hydrogens is 275 g/mol. The summed E-state index contributed by atoms with van der Waals surface area (Å²) in [6, 6.07) is 0. The zero-order valence-electron chi connectivity index (χ0n) is 12.9. The molecule has 0 fully saturated rings. The van der Waals surface area contributed by atoms with E-state index in [0.29, 0.717) is 6.42 Å². The predicted molar refractivity (Wildman–Crippen MR) is 75.8 cm³/mol. The maximum absolute atomic E-state index is 10.2. The van der Waals surface area contributed by atoms with Gasteiger partial charge in [0, 0.05) is 0 Å². The van der Waals surface area contributed by atoms with Crippen molar-refractivity contribution in [3.8, 4) is 0 Å². The molecule has 4 nitrogen and oxygen atoms in total. The molecule has 0 aliphatic heterocycles. The quantitative estimate of drug-likeness (QED) is 0.254. The van der Waals surface area contributed by atoms with Gasteiger partial charge in [0.2, 0.25) is 0 Å². The summed E-state index contributed by atoms with van der Waals surface area (Å²) in [5.74, 6) is 0. The molecule has 6 heteroatoms. The first kappa shape index (κ1) is 24.9. The summed E-state index contributed by atoms with van der Waals surface area (Å²) in [5, 5.41) is 0. The summed E-state index contributed by atoms with van der Waals surface area (Å²) in [5.41, 5.74) is 0. The Morgan fingerprint density at radius 1 is 0.842 bits per heavy atom. The normalized spacial score (nSPS) is 10.6. The van der Waals surface area contributed by atoms with Crippen molar-refractivity contribution in [2.24, 2.45) is 0 Å². The van der Waals surface area contributed by atoms with Crippen molar-refractivity contribution in [3.05, 3.63) is 7.43 Å². The maximum Gasteiger partial charge on any atom is 1.00 e. The number of unbranched alkanes of at least 4 members (excludes halogenated alkanes) is 9. The number of rotatable bonds is 12. The molecule has 0 aromatic heterocycles. The standard InChI is InChI=1S/C12H26O4S.CH3.Na/c1-2-3-4-5-6-7-8-9-10-11-12-16-17(13,14)15;;/h2-12H2,1H3,(H,13,14,15);1H3;/q;-1;+1. The van der Waals surface area contributed by atoms with Gasteiger partial charge >= 0.3 is 40.0 Å². The van der Waals surface area contributed by atoms with Crippen LogP contribution in [0.15, 0.2) is 0 Å². The van der Waals surface area contributed by atoms with Gasteiger partial charge in [-0.05, 0) is 6.42 Å². The van der Waals surface area contributed by atoms with Crippen molar-refractivity contribution < 1.29 is 46.7 Å². The van der Waals surface area contributed by atoms with Gasteiger partial charge in [-0.15, -0.1) is 0 Å². The van der Waals surface area contributed by atoms with Gasteiger partial charge in [-0.1, -0.05) is 64.7 Å². The third-order valence-electron chi connectivity index (χ3n) is 2.73. The van der Waals surface area contributed by atoms with Crippen LogP contribution >= 0.6 is 0 Å². The summed E-state index contributed by atoms with van der Waals surface area (Å²) in [7, 11) is -4.23. The van der Waals surface area contributed by atoms with E-state index in [1.165, 1.54) is 44.9 Å². The fraction of sp³-hybridized carbons (Fsp3) is 0.923. The number of hydrogen-bond acceptors (Lipinski definition) is 3. The van der Waals surface area contributed by atoms with E-state index in [1.807, 2.05) is 0 Å². The second-order valence-corrected chi connectivity index (χ2v) is 5.52. The Bertz CT molecular complexity index is 255. The Balaban J connectivity index is -0.00000128. The van der Waals surface area contributed by atoms with Gasteiger partial charge in [0.15, 0.2) is 0 Å². The van der Waals surface area contributed by atoms with Crippen molar-refractivity contribution in [3.63, 3.8) is 0 Å². The molecule has 0 unspecified atom stereocenters. The predicted octanol–water partition coefficient (Wildman–Crippen LogP) is 1.18. The van der Waals surface area contributed by atoms with Crippen LogP contribution in [0.5, 0.6) is 0 Å². The molecule has 0 aromatic carbocycles. The van der Waals surface area contributed by atoms with Crippen LogP contribution in [0.2, 0.25) is 0 Å². The molecule has 19 heavy (non-hydrogen) atoms. The summed E-state index contributed by atoms with van der Waals surface area (Å²) < 4.78 is 33.0. The Kier molecular flexibility index (Phi) is 22.1. The van der Waals surface area contributed by atoms with Crippen LogP contribution in [-0.4, -0.2) is 19.6 Å². The minimum Gasteiger partial charge on any atom is -0.358 e. The van der Waals surface area contributed by atoms with Gasteiger partial charge in [0.1, 0.15) is 0 Å². The van der Waals surface area contributed by atoms with Crippen molar-refractivity contribution in [2.75, 3.05) is 6.61 Å². The zero-order chi connectivity index (χ0) is 13.0. The van der Waals surface area contributed by atoms with E-state index >= 15 is 0 Å². The monoisotopic (exact) mass is 304 g/mol. The average Bonchev–Trinajstić information content (AvgIpc) is 2.24. The van der Waals surface area contributed by atoms with E-state index < -0.39 is 10.4 Å². The summed E-state index contributed by atoms with van der Waals surface area (Å²) in [6.07, 6.45) is 11.9. The van der Waals surface area contributed by atoms with Crippen LogP contribution in [0.25, 0.3) is 0 Å². The van der Waals surface area contributed by atoms with Gasteiger partial charge in [0.05, 0.1) is 6.61 Å². The van der Waals surface area contributed by atoms with Gasteiger partial charge in [0.25, 0.3) is 0 Å². The molecule has 0 saturated carbocycles. The molecule has 0 aromatic rings. The van der Waals surface area contributed by atoms with Crippen molar-refractivity contribution in [2.45, 2.75) is 71.1 Å². The van der Waals surface area contributed by atoms with Crippen molar-refractivity contribution in [1.29, 1.82) is 0 Å². The molecule has 0 aliphatic carbocycles. The molecule has 0 spiro atoms. The van der Waals surface area contributed by atoms with Crippen LogP contribution < -0.4 is 29.6 Å². The van der Waals surface area contributed by atoms with E-state index in [2.05, 4.69) is 11.1 Å². The fourth-order valence-electron chi connectivity index (χ4n) is 1.75. The minimum absolute atomic E-state index is 0. The van der Waals surface area contributed by atoms with Gasteiger partial charge in [-0.2, -0.15) is 8.42 Å². The Morgan fingerprint density at radius 2 is 1.21 bits per heavy atom. The van der Waals surface area contributed by atoms with E-state index in [0.717, 1.165) is 12.8 Å². The molecule has 1 N–H and O–H groups in total.